The number of nitrogens with one attached hydrogen (secondary N) is 1. The van der Waals surface area contributed by atoms with Crippen LogP contribution in [-0.2, 0) is 0 Å². The largest absolute Gasteiger partial charge is 0.496 e. The molecule has 0 atom stereocenters. The molecule has 1 heterocycles. The van der Waals surface area contributed by atoms with E-state index in [-0.39, 0.29) is 5.91 Å². The fourth-order valence-corrected chi connectivity index (χ4v) is 4.70. The number of carbonyl (C=O) groups is 1. The van der Waals surface area contributed by atoms with Crippen molar-refractivity contribution < 1.29 is 9.53 Å². The van der Waals surface area contributed by atoms with Crippen LogP contribution in [0.1, 0.15) is 55.3 Å². The predicted octanol–water partition coefficient (Wildman–Crippen LogP) is 4.06. The van der Waals surface area contributed by atoms with Crippen molar-refractivity contribution in [3.05, 3.63) is 22.2 Å². The number of rotatable bonds is 6. The molecule has 3 rings (SSSR count). The average molecular weight is 438 g/mol. The minimum Gasteiger partial charge on any atom is -0.496 e. The van der Waals surface area contributed by atoms with Gasteiger partial charge in [0.1, 0.15) is 5.75 Å². The molecular formula is C21H32BrN3O2. The van der Waals surface area contributed by atoms with Crippen LogP contribution in [0.25, 0.3) is 0 Å². The molecule has 0 unspecified atom stereocenters. The number of hydrogen-bond acceptors (Lipinski definition) is 4. The van der Waals surface area contributed by atoms with Crippen molar-refractivity contribution in [3.63, 3.8) is 0 Å². The van der Waals surface area contributed by atoms with E-state index in [2.05, 4.69) is 26.1 Å². The van der Waals surface area contributed by atoms with E-state index in [0.29, 0.717) is 27.4 Å². The van der Waals surface area contributed by atoms with Crippen LogP contribution in [0.5, 0.6) is 5.75 Å². The summed E-state index contributed by atoms with van der Waals surface area (Å²) in [6, 6.07) is 3.42. The van der Waals surface area contributed by atoms with E-state index in [1.54, 1.807) is 19.2 Å². The van der Waals surface area contributed by atoms with Crippen LogP contribution in [-0.4, -0.2) is 44.1 Å². The molecule has 1 aliphatic heterocycles. The lowest BCUT2D eigenvalue weighted by Crippen LogP contribution is -2.40. The zero-order chi connectivity index (χ0) is 19.2. The highest BCUT2D eigenvalue weighted by molar-refractivity contribution is 9.10. The third-order valence-corrected chi connectivity index (χ3v) is 6.75. The molecule has 27 heavy (non-hydrogen) atoms. The normalized spacial score (nSPS) is 19.8. The van der Waals surface area contributed by atoms with Gasteiger partial charge in [-0.15, -0.1) is 0 Å². The number of nitrogen functional groups attached to an aromatic ring is 1. The Kier molecular flexibility index (Phi) is 7.41. The molecule has 0 radical (unpaired) electrons. The SMILES string of the molecule is COc1cc(N)c(Br)cc1C(=O)NCC1CCN(CC2CCCCC2)CC1. The summed E-state index contributed by atoms with van der Waals surface area (Å²) in [5.74, 6) is 1.87. The van der Waals surface area contributed by atoms with E-state index in [4.69, 9.17) is 10.5 Å². The molecule has 150 valence electrons. The molecule has 6 heteroatoms. The number of likely N-dealkylation sites (tertiary alicyclic amines) is 1. The summed E-state index contributed by atoms with van der Waals surface area (Å²) < 4.78 is 6.02. The zero-order valence-corrected chi connectivity index (χ0v) is 17.9. The minimum atomic E-state index is -0.0998. The number of methoxy groups -OCH3 is 1. The lowest BCUT2D eigenvalue weighted by Gasteiger charge is -2.35. The number of anilines is 1. The van der Waals surface area contributed by atoms with Crippen molar-refractivity contribution in [3.8, 4) is 5.75 Å². The summed E-state index contributed by atoms with van der Waals surface area (Å²) in [6.45, 7) is 4.32. The number of piperidine rings is 1. The van der Waals surface area contributed by atoms with Gasteiger partial charge in [-0.2, -0.15) is 0 Å². The Morgan fingerprint density at radius 2 is 1.89 bits per heavy atom. The van der Waals surface area contributed by atoms with Gasteiger partial charge in [0.05, 0.1) is 12.7 Å². The molecule has 1 aliphatic carbocycles. The second-order valence-corrected chi connectivity index (χ2v) is 8.89. The van der Waals surface area contributed by atoms with Gasteiger partial charge < -0.3 is 20.7 Å². The molecule has 1 saturated carbocycles. The molecule has 2 aliphatic rings. The number of benzene rings is 1. The summed E-state index contributed by atoms with van der Waals surface area (Å²) in [5.41, 5.74) is 6.96. The first-order valence-electron chi connectivity index (χ1n) is 10.2. The zero-order valence-electron chi connectivity index (χ0n) is 16.3. The van der Waals surface area contributed by atoms with Gasteiger partial charge in [-0.25, -0.2) is 0 Å². The first-order chi connectivity index (χ1) is 13.1. The van der Waals surface area contributed by atoms with Crippen LogP contribution in [0.15, 0.2) is 16.6 Å². The number of hydrogen-bond donors (Lipinski definition) is 2. The van der Waals surface area contributed by atoms with Gasteiger partial charge in [-0.3, -0.25) is 4.79 Å². The summed E-state index contributed by atoms with van der Waals surface area (Å²) >= 11 is 3.39. The summed E-state index contributed by atoms with van der Waals surface area (Å²) in [5, 5.41) is 3.09. The first kappa shape index (κ1) is 20.5. The lowest BCUT2D eigenvalue weighted by molar-refractivity contribution is 0.0928. The Hall–Kier alpha value is -1.27. The number of nitrogens with two attached hydrogens (primary N) is 1. The van der Waals surface area contributed by atoms with Crippen LogP contribution in [0.2, 0.25) is 0 Å². The standard InChI is InChI=1S/C21H32BrN3O2/c1-27-20-12-19(23)18(22)11-17(20)21(26)24-13-15-7-9-25(10-8-15)14-16-5-3-2-4-6-16/h11-12,15-16H,2-10,13-14,23H2,1H3,(H,24,26). The van der Waals surface area contributed by atoms with Gasteiger partial charge in [0, 0.05) is 29.3 Å². The highest BCUT2D eigenvalue weighted by Crippen LogP contribution is 2.29. The number of halogens is 1. The van der Waals surface area contributed by atoms with Crippen LogP contribution < -0.4 is 15.8 Å². The van der Waals surface area contributed by atoms with Crippen LogP contribution in [0.4, 0.5) is 5.69 Å². The maximum atomic E-state index is 12.6. The van der Waals surface area contributed by atoms with Crippen molar-refractivity contribution >= 4 is 27.5 Å². The first-order valence-corrected chi connectivity index (χ1v) is 11.0. The monoisotopic (exact) mass is 437 g/mol. The maximum absolute atomic E-state index is 12.6. The van der Waals surface area contributed by atoms with E-state index < -0.39 is 0 Å². The fourth-order valence-electron chi connectivity index (χ4n) is 4.36. The van der Waals surface area contributed by atoms with E-state index in [1.165, 1.54) is 38.6 Å². The molecule has 3 N–H and O–H groups in total. The van der Waals surface area contributed by atoms with Crippen LogP contribution in [0.3, 0.4) is 0 Å². The number of nitrogens with zero attached hydrogens (tertiary/aromatic N) is 1. The van der Waals surface area contributed by atoms with Crippen molar-refractivity contribution in [1.82, 2.24) is 10.2 Å². The van der Waals surface area contributed by atoms with Crippen molar-refractivity contribution in [2.75, 3.05) is 39.0 Å². The highest BCUT2D eigenvalue weighted by atomic mass is 79.9. The third-order valence-electron chi connectivity index (χ3n) is 6.06. The van der Waals surface area contributed by atoms with Crippen molar-refractivity contribution in [2.24, 2.45) is 11.8 Å². The fraction of sp³-hybridized carbons (Fsp3) is 0.667. The van der Waals surface area contributed by atoms with Gasteiger partial charge in [-0.1, -0.05) is 19.3 Å². The molecule has 1 saturated heterocycles. The number of amides is 1. The second-order valence-electron chi connectivity index (χ2n) is 8.03. The molecule has 0 aromatic heterocycles. The van der Waals surface area contributed by atoms with E-state index in [1.807, 2.05) is 0 Å². The molecular weight excluding hydrogens is 406 g/mol. The Morgan fingerprint density at radius 1 is 1.19 bits per heavy atom. The van der Waals surface area contributed by atoms with Crippen molar-refractivity contribution in [1.29, 1.82) is 0 Å². The predicted molar refractivity (Wildman–Crippen MR) is 113 cm³/mol. The smallest absolute Gasteiger partial charge is 0.255 e. The molecule has 1 amide bonds. The summed E-state index contributed by atoms with van der Waals surface area (Å²) in [4.78, 5) is 15.2. The number of carbonyl (C=O) groups excluding carboxylic acids is 1. The molecule has 1 aromatic carbocycles. The van der Waals surface area contributed by atoms with Crippen molar-refractivity contribution in [2.45, 2.75) is 44.9 Å². The third kappa shape index (κ3) is 5.61. The quantitative estimate of drug-likeness (QED) is 0.658. The summed E-state index contributed by atoms with van der Waals surface area (Å²) in [6.07, 6.45) is 9.40. The highest BCUT2D eigenvalue weighted by Gasteiger charge is 2.23. The minimum absolute atomic E-state index is 0.0998. The Morgan fingerprint density at radius 3 is 2.56 bits per heavy atom. The maximum Gasteiger partial charge on any atom is 0.255 e. The molecule has 0 spiro atoms. The van der Waals surface area contributed by atoms with Gasteiger partial charge >= 0.3 is 0 Å². The van der Waals surface area contributed by atoms with Gasteiger partial charge in [0.2, 0.25) is 0 Å². The van der Waals surface area contributed by atoms with E-state index in [9.17, 15) is 4.79 Å². The van der Waals surface area contributed by atoms with Crippen LogP contribution >= 0.6 is 15.9 Å². The molecule has 2 fully saturated rings. The average Bonchev–Trinajstić information content (AvgIpc) is 2.69. The van der Waals surface area contributed by atoms with Gasteiger partial charge in [0.15, 0.2) is 0 Å². The number of ether oxygens (including phenoxy) is 1. The van der Waals surface area contributed by atoms with Gasteiger partial charge in [-0.05, 0) is 72.6 Å². The molecule has 1 aromatic rings. The van der Waals surface area contributed by atoms with E-state index >= 15 is 0 Å². The van der Waals surface area contributed by atoms with Gasteiger partial charge in [0.25, 0.3) is 5.91 Å². The topological polar surface area (TPSA) is 67.6 Å². The summed E-state index contributed by atoms with van der Waals surface area (Å²) in [7, 11) is 1.56. The lowest BCUT2D eigenvalue weighted by atomic mass is 9.88. The van der Waals surface area contributed by atoms with Crippen LogP contribution in [0, 0.1) is 11.8 Å². The molecule has 5 nitrogen and oxygen atoms in total. The molecule has 0 bridgehead atoms. The Balaban J connectivity index is 1.44. The Labute approximate surface area is 171 Å². The second kappa shape index (κ2) is 9.78. The Bertz CT molecular complexity index is 639. The van der Waals surface area contributed by atoms with E-state index in [0.717, 1.165) is 38.4 Å².